The van der Waals surface area contributed by atoms with Crippen LogP contribution in [0.4, 0.5) is 4.79 Å². The summed E-state index contributed by atoms with van der Waals surface area (Å²) in [6.07, 6.45) is 2.39. The van der Waals surface area contributed by atoms with Crippen LogP contribution in [0.2, 0.25) is 0 Å². The van der Waals surface area contributed by atoms with E-state index in [1.54, 1.807) is 7.05 Å². The van der Waals surface area contributed by atoms with E-state index in [0.29, 0.717) is 0 Å². The Kier molecular flexibility index (Phi) is 8.61. The molecule has 7 heteroatoms. The minimum atomic E-state index is -0.487. The van der Waals surface area contributed by atoms with Crippen LogP contribution in [0.5, 0.6) is 5.75 Å². The van der Waals surface area contributed by atoms with Gasteiger partial charge in [0, 0.05) is 26.7 Å². The van der Waals surface area contributed by atoms with Crippen molar-refractivity contribution in [2.75, 3.05) is 33.3 Å². The predicted octanol–water partition coefficient (Wildman–Crippen LogP) is 3.19. The molecule has 1 aliphatic rings. The molecular formula is C22H36N4O3. The molecule has 1 unspecified atom stereocenters. The zero-order valence-electron chi connectivity index (χ0n) is 18.5. The summed E-state index contributed by atoms with van der Waals surface area (Å²) in [6.45, 7) is 10.8. The maximum absolute atomic E-state index is 12.0. The minimum absolute atomic E-state index is 0.0656. The van der Waals surface area contributed by atoms with Crippen LogP contribution in [0.1, 0.15) is 46.1 Å². The van der Waals surface area contributed by atoms with E-state index >= 15 is 0 Å². The number of likely N-dealkylation sites (tertiary alicyclic amines) is 1. The Hall–Kier alpha value is -2.44. The van der Waals surface area contributed by atoms with Crippen molar-refractivity contribution in [1.29, 1.82) is 0 Å². The lowest BCUT2D eigenvalue weighted by molar-refractivity contribution is 0.0507. The van der Waals surface area contributed by atoms with Crippen LogP contribution in [-0.4, -0.2) is 61.9 Å². The van der Waals surface area contributed by atoms with E-state index in [9.17, 15) is 4.79 Å². The summed E-state index contributed by atoms with van der Waals surface area (Å²) >= 11 is 0. The summed E-state index contributed by atoms with van der Waals surface area (Å²) in [5.74, 6) is 1.78. The van der Waals surface area contributed by atoms with Crippen molar-refractivity contribution in [2.24, 2.45) is 4.99 Å². The van der Waals surface area contributed by atoms with E-state index in [2.05, 4.69) is 39.6 Å². The molecule has 1 fully saturated rings. The zero-order chi connectivity index (χ0) is 21.3. The number of ether oxygens (including phenoxy) is 2. The Balaban J connectivity index is 1.77. The summed E-state index contributed by atoms with van der Waals surface area (Å²) in [5.41, 5.74) is 0.742. The Morgan fingerprint density at radius 2 is 2.14 bits per heavy atom. The van der Waals surface area contributed by atoms with Gasteiger partial charge >= 0.3 is 6.09 Å². The number of aliphatic imine (C=N–C) groups is 1. The zero-order valence-corrected chi connectivity index (χ0v) is 18.5. The third kappa shape index (κ3) is 8.21. The summed E-state index contributed by atoms with van der Waals surface area (Å²) < 4.78 is 11.0. The van der Waals surface area contributed by atoms with Crippen molar-refractivity contribution in [3.63, 3.8) is 0 Å². The van der Waals surface area contributed by atoms with Gasteiger partial charge in [-0.15, -0.1) is 0 Å². The number of alkyl carbamates (subject to hydrolysis) is 1. The summed E-state index contributed by atoms with van der Waals surface area (Å²) in [5, 5.41) is 6.38. The number of carbonyl (C=O) groups excluding carboxylic acids is 1. The van der Waals surface area contributed by atoms with Gasteiger partial charge in [0.2, 0.25) is 0 Å². The minimum Gasteiger partial charge on any atom is -0.494 e. The number of nitrogens with zero attached hydrogens (tertiary/aromatic N) is 2. The van der Waals surface area contributed by atoms with Crippen molar-refractivity contribution in [2.45, 2.75) is 58.6 Å². The molecule has 0 spiro atoms. The molecule has 162 valence electrons. The molecule has 2 rings (SSSR count). The number of nitrogens with one attached hydrogen (secondary N) is 2. The van der Waals surface area contributed by atoms with Gasteiger partial charge in [-0.1, -0.05) is 19.1 Å². The van der Waals surface area contributed by atoms with Crippen molar-refractivity contribution >= 4 is 12.1 Å². The van der Waals surface area contributed by atoms with E-state index in [1.807, 2.05) is 32.9 Å². The summed E-state index contributed by atoms with van der Waals surface area (Å²) in [4.78, 5) is 18.5. The topological polar surface area (TPSA) is 75.2 Å². The van der Waals surface area contributed by atoms with Gasteiger partial charge in [0.25, 0.3) is 0 Å². The smallest absolute Gasteiger partial charge is 0.407 e. The lowest BCUT2D eigenvalue weighted by Gasteiger charge is -2.23. The van der Waals surface area contributed by atoms with Crippen LogP contribution < -0.4 is 15.4 Å². The van der Waals surface area contributed by atoms with Crippen molar-refractivity contribution < 1.29 is 14.3 Å². The number of guanidine groups is 1. The third-order valence-electron chi connectivity index (χ3n) is 4.49. The first-order valence-corrected chi connectivity index (χ1v) is 10.5. The van der Waals surface area contributed by atoms with Crippen LogP contribution in [0.3, 0.4) is 0 Å². The highest BCUT2D eigenvalue weighted by Crippen LogP contribution is 2.14. The monoisotopic (exact) mass is 404 g/mol. The standard InChI is InChI=1S/C22H36N4O3/c1-6-14-28-19-9-7-8-17(15-19)10-12-24-20(23-5)26-13-11-18(16-26)25-21(27)29-22(2,3)4/h7-9,15,18H,6,10-14,16H2,1-5H3,(H,23,24)(H,25,27). The van der Waals surface area contributed by atoms with Crippen LogP contribution in [0, 0.1) is 0 Å². The second-order valence-electron chi connectivity index (χ2n) is 8.30. The molecule has 1 atom stereocenters. The number of amides is 1. The molecule has 1 amide bonds. The Morgan fingerprint density at radius 3 is 2.83 bits per heavy atom. The number of carbonyl (C=O) groups is 1. The van der Waals surface area contributed by atoms with Crippen LogP contribution in [-0.2, 0) is 11.2 Å². The first kappa shape index (κ1) is 22.8. The maximum atomic E-state index is 12.0. The average Bonchev–Trinajstić information content (AvgIpc) is 3.10. The van der Waals surface area contributed by atoms with Crippen molar-refractivity contribution in [1.82, 2.24) is 15.5 Å². The van der Waals surface area contributed by atoms with Gasteiger partial charge in [-0.05, 0) is 57.7 Å². The molecule has 0 aliphatic carbocycles. The van der Waals surface area contributed by atoms with E-state index in [1.165, 1.54) is 5.56 Å². The summed E-state index contributed by atoms with van der Waals surface area (Å²) in [7, 11) is 1.79. The average molecular weight is 405 g/mol. The molecule has 0 bridgehead atoms. The highest BCUT2D eigenvalue weighted by Gasteiger charge is 2.27. The van der Waals surface area contributed by atoms with Crippen LogP contribution in [0.25, 0.3) is 0 Å². The first-order valence-electron chi connectivity index (χ1n) is 10.5. The van der Waals surface area contributed by atoms with Crippen LogP contribution >= 0.6 is 0 Å². The first-order chi connectivity index (χ1) is 13.8. The van der Waals surface area contributed by atoms with E-state index in [0.717, 1.165) is 57.2 Å². The molecular weight excluding hydrogens is 368 g/mol. The molecule has 0 radical (unpaired) electrons. The maximum Gasteiger partial charge on any atom is 0.407 e. The van der Waals surface area contributed by atoms with Gasteiger partial charge in [0.1, 0.15) is 11.4 Å². The van der Waals surface area contributed by atoms with Crippen molar-refractivity contribution in [3.8, 4) is 5.75 Å². The molecule has 0 aromatic heterocycles. The molecule has 1 aromatic carbocycles. The predicted molar refractivity (Wildman–Crippen MR) is 117 cm³/mol. The second-order valence-corrected chi connectivity index (χ2v) is 8.30. The Labute approximate surface area is 174 Å². The number of hydrogen-bond acceptors (Lipinski definition) is 4. The molecule has 1 heterocycles. The number of rotatable bonds is 7. The van der Waals surface area contributed by atoms with E-state index in [4.69, 9.17) is 9.47 Å². The molecule has 29 heavy (non-hydrogen) atoms. The molecule has 2 N–H and O–H groups in total. The Bertz CT molecular complexity index is 685. The normalized spacial score (nSPS) is 17.2. The largest absolute Gasteiger partial charge is 0.494 e. The van der Waals surface area contributed by atoms with Gasteiger partial charge in [-0.25, -0.2) is 4.79 Å². The Morgan fingerprint density at radius 1 is 1.34 bits per heavy atom. The van der Waals surface area contributed by atoms with Gasteiger partial charge in [0.15, 0.2) is 5.96 Å². The third-order valence-corrected chi connectivity index (χ3v) is 4.49. The molecule has 1 aliphatic heterocycles. The van der Waals surface area contributed by atoms with Crippen LogP contribution in [0.15, 0.2) is 29.3 Å². The lowest BCUT2D eigenvalue weighted by Crippen LogP contribution is -2.44. The number of hydrogen-bond donors (Lipinski definition) is 2. The van der Waals surface area contributed by atoms with Gasteiger partial charge < -0.3 is 25.0 Å². The molecule has 1 saturated heterocycles. The van der Waals surface area contributed by atoms with E-state index < -0.39 is 5.60 Å². The SMILES string of the molecule is CCCOc1cccc(CCNC(=NC)N2CCC(NC(=O)OC(C)(C)C)C2)c1. The van der Waals surface area contributed by atoms with E-state index in [-0.39, 0.29) is 12.1 Å². The highest BCUT2D eigenvalue weighted by molar-refractivity contribution is 5.80. The second kappa shape index (κ2) is 10.9. The molecule has 0 saturated carbocycles. The summed E-state index contributed by atoms with van der Waals surface area (Å²) in [6, 6.07) is 8.29. The van der Waals surface area contributed by atoms with Gasteiger partial charge in [-0.2, -0.15) is 0 Å². The van der Waals surface area contributed by atoms with Crippen molar-refractivity contribution in [3.05, 3.63) is 29.8 Å². The lowest BCUT2D eigenvalue weighted by atomic mass is 10.1. The molecule has 7 nitrogen and oxygen atoms in total. The van der Waals surface area contributed by atoms with Gasteiger partial charge in [-0.3, -0.25) is 4.99 Å². The quantitative estimate of drug-likeness (QED) is 0.539. The number of benzene rings is 1. The highest BCUT2D eigenvalue weighted by atomic mass is 16.6. The fraction of sp³-hybridized carbons (Fsp3) is 0.636. The fourth-order valence-electron chi connectivity index (χ4n) is 3.21. The molecule has 1 aromatic rings. The van der Waals surface area contributed by atoms with Gasteiger partial charge in [0.05, 0.1) is 12.6 Å². The fourth-order valence-corrected chi connectivity index (χ4v) is 3.21.